The molecule has 1 aliphatic heterocycles. The van der Waals surface area contributed by atoms with Gasteiger partial charge in [0.1, 0.15) is 5.84 Å². The molecule has 1 N–H and O–H groups in total. The molecule has 0 fully saturated rings. The fourth-order valence-electron chi connectivity index (χ4n) is 2.51. The largest absolute Gasteiger partial charge is 0.416 e. The number of hydrogen-bond donors (Lipinski definition) is 1. The van der Waals surface area contributed by atoms with Crippen LogP contribution in [0.5, 0.6) is 0 Å². The van der Waals surface area contributed by atoms with Gasteiger partial charge in [-0.15, -0.1) is 12.4 Å². The van der Waals surface area contributed by atoms with Crippen LogP contribution in [-0.2, 0) is 19.1 Å². The lowest BCUT2D eigenvalue weighted by Gasteiger charge is -2.19. The molecule has 0 amide bonds. The number of anilines is 1. The minimum Gasteiger partial charge on any atom is -0.325 e. The molecule has 2 aromatic carbocycles. The number of hydrogen-bond acceptors (Lipinski definition) is 1. The molecule has 0 spiro atoms. The number of fused-ring (bicyclic) bond motifs is 1. The molecule has 1 aliphatic rings. The number of amidine groups is 1. The molecule has 22 heavy (non-hydrogen) atoms. The Kier molecular flexibility index (Phi) is 4.47. The van der Waals surface area contributed by atoms with Gasteiger partial charge in [-0.05, 0) is 29.3 Å². The van der Waals surface area contributed by atoms with Crippen molar-refractivity contribution in [2.24, 2.45) is 0 Å². The molecule has 2 nitrogen and oxygen atoms in total. The second kappa shape index (κ2) is 6.01. The molecule has 0 saturated carbocycles. The van der Waals surface area contributed by atoms with E-state index in [2.05, 4.69) is 0 Å². The van der Waals surface area contributed by atoms with E-state index in [1.807, 2.05) is 29.2 Å². The zero-order chi connectivity index (χ0) is 15.0. The molecule has 3 rings (SSSR count). The van der Waals surface area contributed by atoms with Crippen LogP contribution in [0.15, 0.2) is 48.5 Å². The van der Waals surface area contributed by atoms with E-state index in [1.165, 1.54) is 12.1 Å². The monoisotopic (exact) mass is 326 g/mol. The topological polar surface area (TPSA) is 27.1 Å². The Hall–Kier alpha value is -2.01. The van der Waals surface area contributed by atoms with Crippen LogP contribution in [0.4, 0.5) is 18.9 Å². The normalized spacial score (nSPS) is 13.8. The first-order valence-electron chi connectivity index (χ1n) is 6.54. The molecule has 6 heteroatoms. The minimum absolute atomic E-state index is 0. The van der Waals surface area contributed by atoms with Gasteiger partial charge in [0.15, 0.2) is 0 Å². The molecule has 0 atom stereocenters. The van der Waals surface area contributed by atoms with Crippen LogP contribution < -0.4 is 4.90 Å². The Balaban J connectivity index is 0.00000176. The average Bonchev–Trinajstić information content (AvgIpc) is 2.75. The summed E-state index contributed by atoms with van der Waals surface area (Å²) in [6.07, 6.45) is -3.75. The smallest absolute Gasteiger partial charge is 0.325 e. The maximum atomic E-state index is 12.5. The molecule has 0 unspecified atom stereocenters. The standard InChI is InChI=1S/C16H13F3N2.ClH/c17-16(18,19)13-7-5-11(6-8-13)10-21-14-4-2-1-3-12(14)9-15(21)20;/h1-8,20H,9-10H2;1H. The summed E-state index contributed by atoms with van der Waals surface area (Å²) in [4.78, 5) is 1.83. The highest BCUT2D eigenvalue weighted by atomic mass is 35.5. The molecule has 0 aliphatic carbocycles. The van der Waals surface area contributed by atoms with Crippen molar-refractivity contribution in [1.29, 1.82) is 5.41 Å². The van der Waals surface area contributed by atoms with Crippen molar-refractivity contribution < 1.29 is 13.2 Å². The molecule has 116 valence electrons. The number of benzene rings is 2. The van der Waals surface area contributed by atoms with E-state index in [1.54, 1.807) is 0 Å². The lowest BCUT2D eigenvalue weighted by molar-refractivity contribution is -0.137. The predicted octanol–water partition coefficient (Wildman–Crippen LogP) is 4.67. The van der Waals surface area contributed by atoms with E-state index >= 15 is 0 Å². The minimum atomic E-state index is -4.31. The fraction of sp³-hybridized carbons (Fsp3) is 0.188. The molecule has 1 heterocycles. The summed E-state index contributed by atoms with van der Waals surface area (Å²) in [5.41, 5.74) is 2.14. The van der Waals surface area contributed by atoms with Gasteiger partial charge in [-0.3, -0.25) is 5.41 Å². The van der Waals surface area contributed by atoms with Crippen molar-refractivity contribution >= 4 is 23.9 Å². The first-order valence-corrected chi connectivity index (χ1v) is 6.54. The Morgan fingerprint density at radius 3 is 2.27 bits per heavy atom. The lowest BCUT2D eigenvalue weighted by Crippen LogP contribution is -2.25. The van der Waals surface area contributed by atoms with E-state index in [0.29, 0.717) is 18.8 Å². The van der Waals surface area contributed by atoms with Gasteiger partial charge in [0.25, 0.3) is 0 Å². The summed E-state index contributed by atoms with van der Waals surface area (Å²) < 4.78 is 37.6. The zero-order valence-electron chi connectivity index (χ0n) is 11.5. The maximum absolute atomic E-state index is 12.5. The summed E-state index contributed by atoms with van der Waals surface area (Å²) in [5, 5.41) is 8.03. The molecule has 0 bridgehead atoms. The Bertz CT molecular complexity index is 681. The summed E-state index contributed by atoms with van der Waals surface area (Å²) in [5.74, 6) is 0.469. The molecule has 2 aromatic rings. The fourth-order valence-corrected chi connectivity index (χ4v) is 2.51. The van der Waals surface area contributed by atoms with Gasteiger partial charge in [-0.1, -0.05) is 30.3 Å². The highest BCUT2D eigenvalue weighted by Gasteiger charge is 2.30. The quantitative estimate of drug-likeness (QED) is 0.853. The van der Waals surface area contributed by atoms with Gasteiger partial charge in [-0.2, -0.15) is 13.2 Å². The van der Waals surface area contributed by atoms with Crippen LogP contribution in [0, 0.1) is 5.41 Å². The van der Waals surface area contributed by atoms with Gasteiger partial charge >= 0.3 is 6.18 Å². The summed E-state index contributed by atoms with van der Waals surface area (Å²) in [6, 6.07) is 12.8. The van der Waals surface area contributed by atoms with Crippen LogP contribution in [0.3, 0.4) is 0 Å². The third kappa shape index (κ3) is 3.09. The van der Waals surface area contributed by atoms with Gasteiger partial charge in [-0.25, -0.2) is 0 Å². The Morgan fingerprint density at radius 1 is 1.00 bits per heavy atom. The van der Waals surface area contributed by atoms with Gasteiger partial charge in [0.2, 0.25) is 0 Å². The Labute approximate surface area is 132 Å². The second-order valence-electron chi connectivity index (χ2n) is 5.03. The number of nitrogens with one attached hydrogen (secondary N) is 1. The van der Waals surface area contributed by atoms with Crippen LogP contribution in [0.25, 0.3) is 0 Å². The van der Waals surface area contributed by atoms with E-state index in [4.69, 9.17) is 5.41 Å². The maximum Gasteiger partial charge on any atom is 0.416 e. The number of para-hydroxylation sites is 1. The van der Waals surface area contributed by atoms with Crippen molar-refractivity contribution in [1.82, 2.24) is 0 Å². The molecular weight excluding hydrogens is 313 g/mol. The zero-order valence-corrected chi connectivity index (χ0v) is 12.3. The third-order valence-corrected chi connectivity index (χ3v) is 3.59. The highest BCUT2D eigenvalue weighted by molar-refractivity contribution is 6.03. The number of rotatable bonds is 2. The van der Waals surface area contributed by atoms with E-state index in [0.717, 1.165) is 28.9 Å². The van der Waals surface area contributed by atoms with Crippen LogP contribution in [0.2, 0.25) is 0 Å². The summed E-state index contributed by atoms with van der Waals surface area (Å²) in [7, 11) is 0. The summed E-state index contributed by atoms with van der Waals surface area (Å²) >= 11 is 0. The average molecular weight is 327 g/mol. The van der Waals surface area contributed by atoms with E-state index < -0.39 is 11.7 Å². The van der Waals surface area contributed by atoms with E-state index in [9.17, 15) is 13.2 Å². The predicted molar refractivity (Wildman–Crippen MR) is 82.7 cm³/mol. The molecular formula is C16H14ClF3N2. The first kappa shape index (κ1) is 16.4. The number of halogens is 4. The SMILES string of the molecule is Cl.N=C1Cc2ccccc2N1Cc1ccc(C(F)(F)F)cc1. The van der Waals surface area contributed by atoms with Gasteiger partial charge in [0.05, 0.1) is 5.56 Å². The van der Waals surface area contributed by atoms with Gasteiger partial charge in [0, 0.05) is 18.7 Å². The Morgan fingerprint density at radius 2 is 1.64 bits per heavy atom. The van der Waals surface area contributed by atoms with Crippen molar-refractivity contribution in [3.63, 3.8) is 0 Å². The first-order chi connectivity index (χ1) is 9.95. The lowest BCUT2D eigenvalue weighted by atomic mass is 10.1. The van der Waals surface area contributed by atoms with Crippen molar-refractivity contribution in [2.75, 3.05) is 4.90 Å². The van der Waals surface area contributed by atoms with E-state index in [-0.39, 0.29) is 12.4 Å². The van der Waals surface area contributed by atoms with Crippen LogP contribution in [-0.4, -0.2) is 5.84 Å². The summed E-state index contributed by atoms with van der Waals surface area (Å²) in [6.45, 7) is 0.411. The highest BCUT2D eigenvalue weighted by Crippen LogP contribution is 2.32. The van der Waals surface area contributed by atoms with Gasteiger partial charge < -0.3 is 4.90 Å². The molecule has 0 radical (unpaired) electrons. The van der Waals surface area contributed by atoms with Crippen molar-refractivity contribution in [3.05, 3.63) is 65.2 Å². The third-order valence-electron chi connectivity index (χ3n) is 3.59. The van der Waals surface area contributed by atoms with Crippen molar-refractivity contribution in [2.45, 2.75) is 19.1 Å². The molecule has 0 saturated heterocycles. The van der Waals surface area contributed by atoms with Crippen molar-refractivity contribution in [3.8, 4) is 0 Å². The second-order valence-corrected chi connectivity index (χ2v) is 5.03. The van der Waals surface area contributed by atoms with Crippen LogP contribution >= 0.6 is 12.4 Å². The van der Waals surface area contributed by atoms with Crippen LogP contribution in [0.1, 0.15) is 16.7 Å². The number of nitrogens with zero attached hydrogens (tertiary/aromatic N) is 1. The number of alkyl halides is 3. The molecule has 0 aromatic heterocycles.